The van der Waals surface area contributed by atoms with Gasteiger partial charge in [-0.15, -0.1) is 0 Å². The maximum Gasteiger partial charge on any atom is 0.250 e. The van der Waals surface area contributed by atoms with Crippen LogP contribution in [-0.4, -0.2) is 34.3 Å². The molecule has 0 aliphatic carbocycles. The van der Waals surface area contributed by atoms with Gasteiger partial charge < -0.3 is 24.8 Å². The lowest BCUT2D eigenvalue weighted by molar-refractivity contribution is -0.119. The molecule has 1 aliphatic heterocycles. The van der Waals surface area contributed by atoms with Crippen LogP contribution in [0.4, 0.5) is 11.4 Å². The zero-order valence-corrected chi connectivity index (χ0v) is 24.8. The van der Waals surface area contributed by atoms with Crippen LogP contribution in [0.3, 0.4) is 0 Å². The summed E-state index contributed by atoms with van der Waals surface area (Å²) >= 11 is 16.3. The Labute approximate surface area is 246 Å². The predicted molar refractivity (Wildman–Crippen MR) is 163 cm³/mol. The second-order valence-corrected chi connectivity index (χ2v) is 10.9. The molecular weight excluding hydrogens is 598 g/mol. The average molecular weight is 625 g/mol. The van der Waals surface area contributed by atoms with Crippen LogP contribution in [0.2, 0.25) is 5.02 Å². The molecule has 1 aliphatic rings. The summed E-state index contributed by atoms with van der Waals surface area (Å²) in [6.45, 7) is 4.17. The molecule has 2 N–H and O–H groups in total. The molecule has 10 heteroatoms. The van der Waals surface area contributed by atoms with Crippen LogP contribution in [0.15, 0.2) is 77.4 Å². The molecule has 4 aromatic rings. The number of halogens is 2. The number of pyridine rings is 1. The van der Waals surface area contributed by atoms with Gasteiger partial charge >= 0.3 is 0 Å². The Morgan fingerprint density at radius 2 is 1.92 bits per heavy atom. The summed E-state index contributed by atoms with van der Waals surface area (Å²) in [6, 6.07) is 21.4. The highest BCUT2D eigenvalue weighted by atomic mass is 79.9. The zero-order valence-electron chi connectivity index (χ0n) is 21.6. The number of aromatic nitrogens is 2. The third-order valence-corrected chi connectivity index (χ3v) is 8.06. The molecule has 3 heterocycles. The molecule has 0 bridgehead atoms. The largest absolute Gasteiger partial charge is 0.375 e. The molecule has 5 rings (SSSR count). The number of nitrogens with one attached hydrogen (secondary N) is 2. The summed E-state index contributed by atoms with van der Waals surface area (Å²) < 4.78 is 8.17. The number of hydrogen-bond acceptors (Lipinski definition) is 4. The minimum Gasteiger partial charge on any atom is -0.375 e. The number of methoxy groups -OCH3 is 1. The summed E-state index contributed by atoms with van der Waals surface area (Å²) in [5.41, 5.74) is 6.55. The van der Waals surface area contributed by atoms with Gasteiger partial charge in [-0.05, 0) is 96.1 Å². The van der Waals surface area contributed by atoms with E-state index in [1.54, 1.807) is 12.3 Å². The number of benzene rings is 2. The van der Waals surface area contributed by atoms with Crippen molar-refractivity contribution in [3.05, 3.63) is 105 Å². The highest BCUT2D eigenvalue weighted by Gasteiger charge is 2.42. The summed E-state index contributed by atoms with van der Waals surface area (Å²) in [5.74, 6) is -0.280. The van der Waals surface area contributed by atoms with Crippen LogP contribution in [0.5, 0.6) is 0 Å². The van der Waals surface area contributed by atoms with Gasteiger partial charge in [-0.25, -0.2) is 0 Å². The van der Waals surface area contributed by atoms with E-state index in [2.05, 4.69) is 67.0 Å². The summed E-state index contributed by atoms with van der Waals surface area (Å²) in [5, 5.41) is 7.25. The van der Waals surface area contributed by atoms with Crippen molar-refractivity contribution in [2.75, 3.05) is 23.9 Å². The first-order chi connectivity index (χ1) is 18.8. The van der Waals surface area contributed by atoms with Crippen LogP contribution in [0.1, 0.15) is 34.7 Å². The second kappa shape index (κ2) is 11.5. The van der Waals surface area contributed by atoms with Gasteiger partial charge in [-0.3, -0.25) is 9.78 Å². The lowest BCUT2D eigenvalue weighted by Gasteiger charge is -2.28. The monoisotopic (exact) mass is 623 g/mol. The standard InChI is InChI=1S/C29H27BrClN5O2S/c1-17-14-20(18(2)35(17)25-10-5-4-8-21(25)30)28-27(24-9-6-7-13-32-24)34-29(39)36(28)19-11-12-23(22(31)15-19)33-26(37)16-38-3/h4-15,27-28H,16H2,1-3H3,(H,33,37)(H,34,39)/t27-,28-/m0/s1. The minimum absolute atomic E-state index is 0.0564. The van der Waals surface area contributed by atoms with E-state index in [0.29, 0.717) is 15.8 Å². The molecule has 2 aromatic heterocycles. The predicted octanol–water partition coefficient (Wildman–Crippen LogP) is 6.67. The molecule has 2 aromatic carbocycles. The molecule has 39 heavy (non-hydrogen) atoms. The number of carbonyl (C=O) groups excluding carboxylic acids is 1. The first kappa shape index (κ1) is 27.3. The fraction of sp³-hybridized carbons (Fsp3) is 0.207. The van der Waals surface area contributed by atoms with Crippen molar-refractivity contribution >= 4 is 62.1 Å². The van der Waals surface area contributed by atoms with E-state index < -0.39 is 0 Å². The lowest BCUT2D eigenvalue weighted by Crippen LogP contribution is -2.29. The second-order valence-electron chi connectivity index (χ2n) is 9.26. The van der Waals surface area contributed by atoms with Crippen molar-refractivity contribution in [1.29, 1.82) is 0 Å². The van der Waals surface area contributed by atoms with Gasteiger partial charge in [-0.2, -0.15) is 0 Å². The van der Waals surface area contributed by atoms with E-state index >= 15 is 0 Å². The molecule has 1 saturated heterocycles. The van der Waals surface area contributed by atoms with Gasteiger partial charge in [0.25, 0.3) is 0 Å². The molecular formula is C29H27BrClN5O2S. The zero-order chi connectivity index (χ0) is 27.7. The lowest BCUT2D eigenvalue weighted by atomic mass is 9.96. The van der Waals surface area contributed by atoms with Crippen LogP contribution in [0.25, 0.3) is 5.69 Å². The highest BCUT2D eigenvalue weighted by Crippen LogP contribution is 2.45. The molecule has 0 unspecified atom stereocenters. The van der Waals surface area contributed by atoms with Gasteiger partial charge in [0, 0.05) is 34.9 Å². The number of hydrogen-bond donors (Lipinski definition) is 2. The van der Waals surface area contributed by atoms with Crippen molar-refractivity contribution in [2.45, 2.75) is 25.9 Å². The SMILES string of the molecule is COCC(=O)Nc1ccc(N2C(=S)N[C@@H](c3ccccn3)[C@@H]2c2cc(C)n(-c3ccccc3Br)c2C)cc1Cl. The van der Waals surface area contributed by atoms with E-state index in [0.717, 1.165) is 38.5 Å². The van der Waals surface area contributed by atoms with Gasteiger partial charge in [0.1, 0.15) is 6.61 Å². The Bertz CT molecular complexity index is 1540. The van der Waals surface area contributed by atoms with Crippen LogP contribution >= 0.6 is 39.7 Å². The Morgan fingerprint density at radius 3 is 2.62 bits per heavy atom. The molecule has 0 spiro atoms. The summed E-state index contributed by atoms with van der Waals surface area (Å²) in [6.07, 6.45) is 1.79. The average Bonchev–Trinajstić information content (AvgIpc) is 3.41. The molecule has 0 saturated carbocycles. The van der Waals surface area contributed by atoms with E-state index in [1.165, 1.54) is 7.11 Å². The summed E-state index contributed by atoms with van der Waals surface area (Å²) in [7, 11) is 1.47. The topological polar surface area (TPSA) is 71.4 Å². The van der Waals surface area contributed by atoms with Crippen molar-refractivity contribution in [3.63, 3.8) is 0 Å². The number of para-hydroxylation sites is 1. The first-order valence-electron chi connectivity index (χ1n) is 12.3. The number of anilines is 2. The fourth-order valence-corrected chi connectivity index (χ4v) is 6.14. The quantitative estimate of drug-likeness (QED) is 0.224. The normalized spacial score (nSPS) is 16.8. The van der Waals surface area contributed by atoms with Gasteiger partial charge in [-0.1, -0.05) is 29.8 Å². The van der Waals surface area contributed by atoms with E-state index in [-0.39, 0.29) is 24.6 Å². The number of aryl methyl sites for hydroxylation is 1. The van der Waals surface area contributed by atoms with Crippen molar-refractivity contribution < 1.29 is 9.53 Å². The maximum atomic E-state index is 12.1. The van der Waals surface area contributed by atoms with E-state index in [9.17, 15) is 4.79 Å². The summed E-state index contributed by atoms with van der Waals surface area (Å²) in [4.78, 5) is 18.8. The Morgan fingerprint density at radius 1 is 1.15 bits per heavy atom. The number of amides is 1. The molecule has 2 atom stereocenters. The molecule has 7 nitrogen and oxygen atoms in total. The number of nitrogens with zero attached hydrogens (tertiary/aromatic N) is 3. The van der Waals surface area contributed by atoms with E-state index in [1.807, 2.05) is 48.5 Å². The van der Waals surface area contributed by atoms with Crippen molar-refractivity contribution in [2.24, 2.45) is 0 Å². The third kappa shape index (κ3) is 5.32. The van der Waals surface area contributed by atoms with E-state index in [4.69, 9.17) is 28.6 Å². The Balaban J connectivity index is 1.62. The smallest absolute Gasteiger partial charge is 0.250 e. The Kier molecular flexibility index (Phi) is 8.04. The van der Waals surface area contributed by atoms with Crippen molar-refractivity contribution in [3.8, 4) is 5.69 Å². The molecule has 1 fully saturated rings. The van der Waals surface area contributed by atoms with Crippen LogP contribution in [0, 0.1) is 13.8 Å². The number of carbonyl (C=O) groups is 1. The van der Waals surface area contributed by atoms with Crippen LogP contribution in [-0.2, 0) is 9.53 Å². The molecule has 1 amide bonds. The maximum absolute atomic E-state index is 12.1. The van der Waals surface area contributed by atoms with Crippen LogP contribution < -0.4 is 15.5 Å². The number of ether oxygens (including phenoxy) is 1. The van der Waals surface area contributed by atoms with Crippen molar-refractivity contribution in [1.82, 2.24) is 14.9 Å². The number of thiocarbonyl (C=S) groups is 1. The number of rotatable bonds is 7. The minimum atomic E-state index is -0.280. The van der Waals surface area contributed by atoms with Gasteiger partial charge in [0.05, 0.1) is 34.2 Å². The first-order valence-corrected chi connectivity index (χ1v) is 13.9. The fourth-order valence-electron chi connectivity index (χ4n) is 5.11. The Hall–Kier alpha value is -3.24. The molecule has 0 radical (unpaired) electrons. The van der Waals surface area contributed by atoms with Gasteiger partial charge in [0.2, 0.25) is 5.91 Å². The van der Waals surface area contributed by atoms with Gasteiger partial charge in [0.15, 0.2) is 5.11 Å². The third-order valence-electron chi connectivity index (χ3n) is 6.76. The molecule has 200 valence electrons. The highest BCUT2D eigenvalue weighted by molar-refractivity contribution is 9.10.